The summed E-state index contributed by atoms with van der Waals surface area (Å²) in [6.07, 6.45) is 5.40. The molecule has 0 aliphatic heterocycles. The van der Waals surface area contributed by atoms with Gasteiger partial charge < -0.3 is 10.5 Å². The van der Waals surface area contributed by atoms with Crippen molar-refractivity contribution in [3.8, 4) is 5.75 Å². The molecular weight excluding hydrogens is 210 g/mol. The fourth-order valence-corrected chi connectivity index (χ4v) is 2.50. The van der Waals surface area contributed by atoms with Crippen molar-refractivity contribution < 1.29 is 4.74 Å². The molecule has 0 heterocycles. The molecule has 0 spiro atoms. The van der Waals surface area contributed by atoms with Crippen LogP contribution in [0.25, 0.3) is 0 Å². The molecule has 1 aliphatic carbocycles. The summed E-state index contributed by atoms with van der Waals surface area (Å²) in [6.45, 7) is 4.97. The van der Waals surface area contributed by atoms with Gasteiger partial charge in [0.25, 0.3) is 0 Å². The maximum absolute atomic E-state index is 5.91. The second kappa shape index (κ2) is 5.54. The van der Waals surface area contributed by atoms with E-state index in [-0.39, 0.29) is 6.04 Å². The molecule has 0 aromatic heterocycles. The fraction of sp³-hybridized carbons (Fsp3) is 0.600. The van der Waals surface area contributed by atoms with Crippen LogP contribution < -0.4 is 10.5 Å². The average molecular weight is 233 g/mol. The van der Waals surface area contributed by atoms with Crippen molar-refractivity contribution in [3.05, 3.63) is 29.3 Å². The zero-order valence-corrected chi connectivity index (χ0v) is 10.9. The van der Waals surface area contributed by atoms with Gasteiger partial charge in [0.1, 0.15) is 5.75 Å². The van der Waals surface area contributed by atoms with Gasteiger partial charge in [0.2, 0.25) is 0 Å². The van der Waals surface area contributed by atoms with Gasteiger partial charge in [-0.05, 0) is 49.8 Å². The van der Waals surface area contributed by atoms with Gasteiger partial charge in [0.05, 0.1) is 6.61 Å². The Bertz CT molecular complexity index is 367. The first kappa shape index (κ1) is 12.4. The molecule has 17 heavy (non-hydrogen) atoms. The van der Waals surface area contributed by atoms with E-state index in [1.165, 1.54) is 36.8 Å². The van der Waals surface area contributed by atoms with Crippen LogP contribution in [0.2, 0.25) is 0 Å². The molecule has 1 aromatic carbocycles. The number of rotatable bonds is 4. The molecule has 1 aromatic rings. The van der Waals surface area contributed by atoms with E-state index in [2.05, 4.69) is 25.1 Å². The number of hydrogen-bond donors (Lipinski definition) is 1. The molecule has 0 bridgehead atoms. The van der Waals surface area contributed by atoms with Gasteiger partial charge in [0.15, 0.2) is 0 Å². The number of aryl methyl sites for hydroxylation is 1. The standard InChI is InChI=1S/C15H23NO/c1-11-9-14(12(2)16)7-8-15(11)17-10-13-5-3-4-6-13/h7-9,12-13H,3-6,10,16H2,1-2H3/t12-/m0/s1. The highest BCUT2D eigenvalue weighted by Crippen LogP contribution is 2.27. The number of benzene rings is 1. The Balaban J connectivity index is 1.96. The van der Waals surface area contributed by atoms with Gasteiger partial charge >= 0.3 is 0 Å². The Labute approximate surface area is 104 Å². The summed E-state index contributed by atoms with van der Waals surface area (Å²) >= 11 is 0. The summed E-state index contributed by atoms with van der Waals surface area (Å²) in [6, 6.07) is 6.36. The van der Waals surface area contributed by atoms with Crippen LogP contribution in [-0.4, -0.2) is 6.61 Å². The lowest BCUT2D eigenvalue weighted by Crippen LogP contribution is -2.09. The molecule has 94 valence electrons. The van der Waals surface area contributed by atoms with Crippen LogP contribution in [0.4, 0.5) is 0 Å². The highest BCUT2D eigenvalue weighted by atomic mass is 16.5. The third kappa shape index (κ3) is 3.22. The molecule has 2 N–H and O–H groups in total. The van der Waals surface area contributed by atoms with Crippen molar-refractivity contribution in [2.75, 3.05) is 6.61 Å². The van der Waals surface area contributed by atoms with E-state index in [1.807, 2.05) is 6.92 Å². The quantitative estimate of drug-likeness (QED) is 0.862. The monoisotopic (exact) mass is 233 g/mol. The third-order valence-electron chi connectivity index (χ3n) is 3.67. The van der Waals surface area contributed by atoms with Crippen LogP contribution in [0.1, 0.15) is 49.8 Å². The summed E-state index contributed by atoms with van der Waals surface area (Å²) in [5.41, 5.74) is 8.23. The lowest BCUT2D eigenvalue weighted by atomic mass is 10.1. The van der Waals surface area contributed by atoms with Gasteiger partial charge in [-0.25, -0.2) is 0 Å². The summed E-state index contributed by atoms with van der Waals surface area (Å²) in [4.78, 5) is 0. The molecular formula is C15H23NO. The first-order valence-corrected chi connectivity index (χ1v) is 6.65. The maximum Gasteiger partial charge on any atom is 0.122 e. The van der Waals surface area contributed by atoms with Crippen LogP contribution >= 0.6 is 0 Å². The lowest BCUT2D eigenvalue weighted by molar-refractivity contribution is 0.250. The van der Waals surface area contributed by atoms with Crippen molar-refractivity contribution >= 4 is 0 Å². The first-order chi connectivity index (χ1) is 8.16. The third-order valence-corrected chi connectivity index (χ3v) is 3.67. The molecule has 1 atom stereocenters. The van der Waals surface area contributed by atoms with Crippen molar-refractivity contribution in [2.24, 2.45) is 11.7 Å². The fourth-order valence-electron chi connectivity index (χ4n) is 2.50. The van der Waals surface area contributed by atoms with Gasteiger partial charge in [-0.2, -0.15) is 0 Å². The molecule has 0 radical (unpaired) electrons. The SMILES string of the molecule is Cc1cc([C@H](C)N)ccc1OCC1CCCC1. The molecule has 1 fully saturated rings. The predicted molar refractivity (Wildman–Crippen MR) is 71.2 cm³/mol. The molecule has 0 saturated heterocycles. The van der Waals surface area contributed by atoms with Crippen LogP contribution in [-0.2, 0) is 0 Å². The molecule has 2 heteroatoms. The summed E-state index contributed by atoms with van der Waals surface area (Å²) in [5, 5.41) is 0. The summed E-state index contributed by atoms with van der Waals surface area (Å²) in [7, 11) is 0. The zero-order valence-electron chi connectivity index (χ0n) is 10.9. The highest BCUT2D eigenvalue weighted by molar-refractivity contribution is 5.37. The Morgan fingerprint density at radius 1 is 1.35 bits per heavy atom. The first-order valence-electron chi connectivity index (χ1n) is 6.65. The van der Waals surface area contributed by atoms with E-state index in [1.54, 1.807) is 0 Å². The molecule has 2 nitrogen and oxygen atoms in total. The van der Waals surface area contributed by atoms with E-state index in [4.69, 9.17) is 10.5 Å². The largest absolute Gasteiger partial charge is 0.493 e. The molecule has 0 unspecified atom stereocenters. The van der Waals surface area contributed by atoms with Crippen LogP contribution in [0, 0.1) is 12.8 Å². The van der Waals surface area contributed by atoms with Gasteiger partial charge in [-0.1, -0.05) is 25.0 Å². The second-order valence-electron chi connectivity index (χ2n) is 5.28. The second-order valence-corrected chi connectivity index (χ2v) is 5.28. The molecule has 0 amide bonds. The maximum atomic E-state index is 5.91. The van der Waals surface area contributed by atoms with E-state index in [9.17, 15) is 0 Å². The average Bonchev–Trinajstić information content (AvgIpc) is 2.80. The minimum absolute atomic E-state index is 0.0950. The van der Waals surface area contributed by atoms with Crippen molar-refractivity contribution in [3.63, 3.8) is 0 Å². The molecule has 2 rings (SSSR count). The minimum Gasteiger partial charge on any atom is -0.493 e. The van der Waals surface area contributed by atoms with Crippen LogP contribution in [0.15, 0.2) is 18.2 Å². The topological polar surface area (TPSA) is 35.2 Å². The number of hydrogen-bond acceptors (Lipinski definition) is 2. The Hall–Kier alpha value is -1.02. The van der Waals surface area contributed by atoms with Crippen molar-refractivity contribution in [2.45, 2.75) is 45.6 Å². The van der Waals surface area contributed by atoms with Gasteiger partial charge in [-0.3, -0.25) is 0 Å². The van der Waals surface area contributed by atoms with E-state index in [0.29, 0.717) is 0 Å². The van der Waals surface area contributed by atoms with E-state index < -0.39 is 0 Å². The van der Waals surface area contributed by atoms with Gasteiger partial charge in [0, 0.05) is 6.04 Å². The Kier molecular flexibility index (Phi) is 4.06. The van der Waals surface area contributed by atoms with Crippen molar-refractivity contribution in [1.29, 1.82) is 0 Å². The predicted octanol–water partition coefficient (Wildman–Crippen LogP) is 3.58. The number of ether oxygens (including phenoxy) is 1. The minimum atomic E-state index is 0.0950. The number of nitrogens with two attached hydrogens (primary N) is 1. The van der Waals surface area contributed by atoms with E-state index >= 15 is 0 Å². The molecule has 1 saturated carbocycles. The lowest BCUT2D eigenvalue weighted by Gasteiger charge is -2.15. The van der Waals surface area contributed by atoms with Gasteiger partial charge in [-0.15, -0.1) is 0 Å². The summed E-state index contributed by atoms with van der Waals surface area (Å²) in [5.74, 6) is 1.78. The molecule has 1 aliphatic rings. The normalized spacial score (nSPS) is 18.3. The van der Waals surface area contributed by atoms with E-state index in [0.717, 1.165) is 18.3 Å². The van der Waals surface area contributed by atoms with Crippen LogP contribution in [0.5, 0.6) is 5.75 Å². The Morgan fingerprint density at radius 2 is 2.06 bits per heavy atom. The van der Waals surface area contributed by atoms with Crippen LogP contribution in [0.3, 0.4) is 0 Å². The summed E-state index contributed by atoms with van der Waals surface area (Å²) < 4.78 is 5.91. The smallest absolute Gasteiger partial charge is 0.122 e. The van der Waals surface area contributed by atoms with Crippen molar-refractivity contribution in [1.82, 2.24) is 0 Å². The zero-order chi connectivity index (χ0) is 12.3. The highest BCUT2D eigenvalue weighted by Gasteiger charge is 2.16. The Morgan fingerprint density at radius 3 is 2.65 bits per heavy atom.